The summed E-state index contributed by atoms with van der Waals surface area (Å²) < 4.78 is 0. The molecule has 1 aromatic rings. The van der Waals surface area contributed by atoms with Crippen LogP contribution in [-0.2, 0) is 6.42 Å². The van der Waals surface area contributed by atoms with Gasteiger partial charge in [-0.15, -0.1) is 0 Å². The molecule has 1 aliphatic rings. The summed E-state index contributed by atoms with van der Waals surface area (Å²) in [6, 6.07) is 8.66. The van der Waals surface area contributed by atoms with Gasteiger partial charge in [0.1, 0.15) is 0 Å². The second kappa shape index (κ2) is 7.31. The predicted molar refractivity (Wildman–Crippen MR) is 83.7 cm³/mol. The van der Waals surface area contributed by atoms with Crippen LogP contribution in [0, 0.1) is 11.8 Å². The molecule has 1 fully saturated rings. The Morgan fingerprint density at radius 2 is 2.11 bits per heavy atom. The first kappa shape index (κ1) is 14.9. The van der Waals surface area contributed by atoms with E-state index in [1.165, 1.54) is 31.2 Å². The van der Waals surface area contributed by atoms with E-state index in [0.717, 1.165) is 29.8 Å². The van der Waals surface area contributed by atoms with E-state index in [1.54, 1.807) is 0 Å². The van der Waals surface area contributed by atoms with Crippen molar-refractivity contribution in [3.05, 3.63) is 34.9 Å². The van der Waals surface area contributed by atoms with Crippen molar-refractivity contribution in [1.29, 1.82) is 0 Å². The Morgan fingerprint density at radius 1 is 1.32 bits per heavy atom. The molecule has 1 N–H and O–H groups in total. The molecular formula is C17H26ClN. The first-order chi connectivity index (χ1) is 9.15. The van der Waals surface area contributed by atoms with Crippen LogP contribution in [0.1, 0.15) is 45.1 Å². The summed E-state index contributed by atoms with van der Waals surface area (Å²) in [5.74, 6) is 1.79. The Labute approximate surface area is 122 Å². The van der Waals surface area contributed by atoms with Gasteiger partial charge in [-0.2, -0.15) is 0 Å². The van der Waals surface area contributed by atoms with Crippen LogP contribution in [0.3, 0.4) is 0 Å². The molecule has 1 aliphatic carbocycles. The zero-order valence-corrected chi connectivity index (χ0v) is 12.9. The minimum absolute atomic E-state index is 0.497. The molecule has 0 heterocycles. The highest BCUT2D eigenvalue weighted by Gasteiger charge is 2.19. The molecule has 0 aromatic heterocycles. The molecule has 2 heteroatoms. The largest absolute Gasteiger partial charge is 0.314 e. The quantitative estimate of drug-likeness (QED) is 0.825. The molecule has 1 aromatic carbocycles. The third-order valence-electron chi connectivity index (χ3n) is 4.28. The molecule has 1 nitrogen and oxygen atoms in total. The van der Waals surface area contributed by atoms with Crippen molar-refractivity contribution in [2.75, 3.05) is 6.54 Å². The van der Waals surface area contributed by atoms with Gasteiger partial charge < -0.3 is 5.32 Å². The summed E-state index contributed by atoms with van der Waals surface area (Å²) in [7, 11) is 0. The topological polar surface area (TPSA) is 12.0 Å². The second-order valence-electron chi connectivity index (χ2n) is 6.24. The van der Waals surface area contributed by atoms with Crippen LogP contribution in [-0.4, -0.2) is 12.6 Å². The van der Waals surface area contributed by atoms with E-state index >= 15 is 0 Å². The molecule has 19 heavy (non-hydrogen) atoms. The first-order valence-electron chi connectivity index (χ1n) is 7.62. The fraction of sp³-hybridized carbons (Fsp3) is 0.647. The smallest absolute Gasteiger partial charge is 0.0438 e. The van der Waals surface area contributed by atoms with Gasteiger partial charge in [-0.05, 0) is 56.2 Å². The second-order valence-corrected chi connectivity index (χ2v) is 6.65. The molecule has 0 saturated heterocycles. The van der Waals surface area contributed by atoms with Crippen LogP contribution in [0.4, 0.5) is 0 Å². The highest BCUT2D eigenvalue weighted by atomic mass is 35.5. The third kappa shape index (κ3) is 4.81. The molecule has 106 valence electrons. The van der Waals surface area contributed by atoms with Crippen LogP contribution >= 0.6 is 11.6 Å². The van der Waals surface area contributed by atoms with Crippen LogP contribution in [0.15, 0.2) is 24.3 Å². The fourth-order valence-corrected chi connectivity index (χ4v) is 3.39. The van der Waals surface area contributed by atoms with Crippen molar-refractivity contribution in [1.82, 2.24) is 5.32 Å². The number of halogens is 1. The maximum Gasteiger partial charge on any atom is 0.0438 e. The van der Waals surface area contributed by atoms with Gasteiger partial charge in [-0.1, -0.05) is 49.6 Å². The van der Waals surface area contributed by atoms with Crippen molar-refractivity contribution in [3.63, 3.8) is 0 Å². The minimum Gasteiger partial charge on any atom is -0.314 e. The highest BCUT2D eigenvalue weighted by Crippen LogP contribution is 2.28. The van der Waals surface area contributed by atoms with Gasteiger partial charge in [0.25, 0.3) is 0 Å². The normalized spacial score (nSPS) is 25.2. The molecule has 0 aliphatic heterocycles. The lowest BCUT2D eigenvalue weighted by atomic mass is 9.82. The van der Waals surface area contributed by atoms with Gasteiger partial charge in [-0.3, -0.25) is 0 Å². The van der Waals surface area contributed by atoms with Crippen molar-refractivity contribution >= 4 is 11.6 Å². The standard InChI is InChI=1S/C17H26ClN/c1-13-6-5-7-15(10-13)12-19-14(2)11-16-8-3-4-9-17(16)18/h3-4,8-9,13-15,19H,5-7,10-12H2,1-2H3. The van der Waals surface area contributed by atoms with Crippen molar-refractivity contribution in [2.45, 2.75) is 52.0 Å². The van der Waals surface area contributed by atoms with Crippen LogP contribution in [0.25, 0.3) is 0 Å². The molecule has 3 atom stereocenters. The lowest BCUT2D eigenvalue weighted by Gasteiger charge is -2.28. The lowest BCUT2D eigenvalue weighted by molar-refractivity contribution is 0.268. The minimum atomic E-state index is 0.497. The van der Waals surface area contributed by atoms with Crippen molar-refractivity contribution < 1.29 is 0 Å². The summed E-state index contributed by atoms with van der Waals surface area (Å²) in [6.07, 6.45) is 6.64. The molecule has 3 unspecified atom stereocenters. The van der Waals surface area contributed by atoms with Gasteiger partial charge in [0.2, 0.25) is 0 Å². The van der Waals surface area contributed by atoms with Gasteiger partial charge in [0, 0.05) is 11.1 Å². The Hall–Kier alpha value is -0.530. The lowest BCUT2D eigenvalue weighted by Crippen LogP contribution is -2.34. The SMILES string of the molecule is CC1CCCC(CNC(C)Cc2ccccc2Cl)C1. The highest BCUT2D eigenvalue weighted by molar-refractivity contribution is 6.31. The number of nitrogens with one attached hydrogen (secondary N) is 1. The molecule has 2 rings (SSSR count). The average molecular weight is 280 g/mol. The maximum absolute atomic E-state index is 6.21. The van der Waals surface area contributed by atoms with Crippen LogP contribution in [0.5, 0.6) is 0 Å². The van der Waals surface area contributed by atoms with E-state index in [-0.39, 0.29) is 0 Å². The predicted octanol–water partition coefficient (Wildman–Crippen LogP) is 4.69. The molecule has 0 spiro atoms. The monoisotopic (exact) mass is 279 g/mol. The van der Waals surface area contributed by atoms with Gasteiger partial charge >= 0.3 is 0 Å². The number of hydrogen-bond donors (Lipinski definition) is 1. The van der Waals surface area contributed by atoms with E-state index in [2.05, 4.69) is 31.3 Å². The molecule has 0 amide bonds. The maximum atomic E-state index is 6.21. The molecule has 0 radical (unpaired) electrons. The Bertz CT molecular complexity index is 391. The number of benzene rings is 1. The Balaban J connectivity index is 1.75. The number of hydrogen-bond acceptors (Lipinski definition) is 1. The first-order valence-corrected chi connectivity index (χ1v) is 7.99. The molecule has 1 saturated carbocycles. The van der Waals surface area contributed by atoms with Crippen molar-refractivity contribution in [2.24, 2.45) is 11.8 Å². The summed E-state index contributed by atoms with van der Waals surface area (Å²) in [5.41, 5.74) is 1.25. The molecule has 0 bridgehead atoms. The summed E-state index contributed by atoms with van der Waals surface area (Å²) >= 11 is 6.21. The van der Waals surface area contributed by atoms with Gasteiger partial charge in [0.15, 0.2) is 0 Å². The average Bonchev–Trinajstić information content (AvgIpc) is 2.39. The summed E-state index contributed by atoms with van der Waals surface area (Å²) in [5, 5.41) is 4.58. The Morgan fingerprint density at radius 3 is 2.84 bits per heavy atom. The Kier molecular flexibility index (Phi) is 5.72. The summed E-state index contributed by atoms with van der Waals surface area (Å²) in [6.45, 7) is 5.81. The van der Waals surface area contributed by atoms with Crippen LogP contribution < -0.4 is 5.32 Å². The van der Waals surface area contributed by atoms with E-state index in [1.807, 2.05) is 12.1 Å². The van der Waals surface area contributed by atoms with E-state index in [9.17, 15) is 0 Å². The third-order valence-corrected chi connectivity index (χ3v) is 4.65. The summed E-state index contributed by atoms with van der Waals surface area (Å²) in [4.78, 5) is 0. The van der Waals surface area contributed by atoms with E-state index in [4.69, 9.17) is 11.6 Å². The van der Waals surface area contributed by atoms with Gasteiger partial charge in [0.05, 0.1) is 0 Å². The number of rotatable bonds is 5. The zero-order valence-electron chi connectivity index (χ0n) is 12.2. The zero-order chi connectivity index (χ0) is 13.7. The fourth-order valence-electron chi connectivity index (χ4n) is 3.18. The van der Waals surface area contributed by atoms with Crippen molar-refractivity contribution in [3.8, 4) is 0 Å². The van der Waals surface area contributed by atoms with Gasteiger partial charge in [-0.25, -0.2) is 0 Å². The molecular weight excluding hydrogens is 254 g/mol. The van der Waals surface area contributed by atoms with E-state index < -0.39 is 0 Å². The van der Waals surface area contributed by atoms with Crippen LogP contribution in [0.2, 0.25) is 5.02 Å². The van der Waals surface area contributed by atoms with E-state index in [0.29, 0.717) is 6.04 Å².